The van der Waals surface area contributed by atoms with Crippen molar-refractivity contribution in [2.45, 2.75) is 6.42 Å². The molecule has 1 fully saturated rings. The number of rotatable bonds is 5. The first kappa shape index (κ1) is 18.5. The molecule has 3 rings (SSSR count). The molecule has 140 valence electrons. The fraction of sp³-hybridized carbons (Fsp3) is 0.263. The maximum Gasteiger partial charge on any atom is 0.269 e. The van der Waals surface area contributed by atoms with Crippen LogP contribution in [0.3, 0.4) is 0 Å². The molecule has 0 bridgehead atoms. The van der Waals surface area contributed by atoms with Crippen LogP contribution in [0.15, 0.2) is 48.5 Å². The lowest BCUT2D eigenvalue weighted by atomic mass is 10.1. The predicted molar refractivity (Wildman–Crippen MR) is 98.6 cm³/mol. The van der Waals surface area contributed by atoms with E-state index in [0.717, 1.165) is 0 Å². The zero-order valence-electron chi connectivity index (χ0n) is 14.6. The Morgan fingerprint density at radius 1 is 1.07 bits per heavy atom. The van der Waals surface area contributed by atoms with E-state index in [1.165, 1.54) is 12.1 Å². The first-order valence-electron chi connectivity index (χ1n) is 8.54. The Hall–Kier alpha value is -3.26. The molecule has 8 nitrogen and oxygen atoms in total. The van der Waals surface area contributed by atoms with Crippen LogP contribution in [-0.2, 0) is 16.0 Å². The summed E-state index contributed by atoms with van der Waals surface area (Å²) in [6.45, 7) is 2.04. The minimum Gasteiger partial charge on any atom is -0.378 e. The van der Waals surface area contributed by atoms with E-state index < -0.39 is 4.92 Å². The van der Waals surface area contributed by atoms with Gasteiger partial charge in [0.25, 0.3) is 11.6 Å². The molecule has 27 heavy (non-hydrogen) atoms. The van der Waals surface area contributed by atoms with Crippen LogP contribution in [0.1, 0.15) is 15.9 Å². The quantitative estimate of drug-likeness (QED) is 0.643. The first-order chi connectivity index (χ1) is 13.0. The number of para-hydroxylation sites is 1. The molecule has 0 spiro atoms. The van der Waals surface area contributed by atoms with Gasteiger partial charge in [-0.05, 0) is 17.7 Å². The number of carbonyl (C=O) groups excluding carboxylic acids is 2. The zero-order valence-corrected chi connectivity index (χ0v) is 14.6. The first-order valence-corrected chi connectivity index (χ1v) is 8.54. The second-order valence-corrected chi connectivity index (χ2v) is 6.10. The number of hydrogen-bond acceptors (Lipinski definition) is 5. The zero-order chi connectivity index (χ0) is 19.2. The van der Waals surface area contributed by atoms with Crippen LogP contribution >= 0.6 is 0 Å². The number of nitro benzene ring substituents is 1. The van der Waals surface area contributed by atoms with E-state index in [-0.39, 0.29) is 23.9 Å². The topological polar surface area (TPSA) is 102 Å². The van der Waals surface area contributed by atoms with Crippen molar-refractivity contribution in [3.05, 3.63) is 69.8 Å². The van der Waals surface area contributed by atoms with E-state index in [1.807, 2.05) is 0 Å². The average molecular weight is 369 g/mol. The Morgan fingerprint density at radius 2 is 1.74 bits per heavy atom. The Labute approximate surface area is 155 Å². The van der Waals surface area contributed by atoms with Gasteiger partial charge in [-0.1, -0.05) is 24.3 Å². The van der Waals surface area contributed by atoms with Crippen LogP contribution in [0.4, 0.5) is 11.4 Å². The summed E-state index contributed by atoms with van der Waals surface area (Å²) in [6.07, 6.45) is 0.0536. The van der Waals surface area contributed by atoms with Crippen molar-refractivity contribution in [1.29, 1.82) is 0 Å². The van der Waals surface area contributed by atoms with Crippen molar-refractivity contribution in [3.63, 3.8) is 0 Å². The van der Waals surface area contributed by atoms with E-state index in [0.29, 0.717) is 43.1 Å². The maximum absolute atomic E-state index is 12.7. The molecule has 1 aliphatic heterocycles. The van der Waals surface area contributed by atoms with Gasteiger partial charge in [-0.25, -0.2) is 0 Å². The van der Waals surface area contributed by atoms with E-state index >= 15 is 0 Å². The van der Waals surface area contributed by atoms with Gasteiger partial charge in [0.05, 0.1) is 35.8 Å². The third kappa shape index (κ3) is 4.68. The van der Waals surface area contributed by atoms with E-state index in [9.17, 15) is 19.7 Å². The number of ether oxygens (including phenoxy) is 1. The largest absolute Gasteiger partial charge is 0.378 e. The number of non-ortho nitro benzene ring substituents is 1. The normalized spacial score (nSPS) is 13.9. The van der Waals surface area contributed by atoms with Crippen molar-refractivity contribution in [2.24, 2.45) is 0 Å². The highest BCUT2D eigenvalue weighted by atomic mass is 16.6. The van der Waals surface area contributed by atoms with Crippen molar-refractivity contribution >= 4 is 23.2 Å². The molecule has 2 aromatic carbocycles. The van der Waals surface area contributed by atoms with Gasteiger partial charge >= 0.3 is 0 Å². The Morgan fingerprint density at radius 3 is 2.41 bits per heavy atom. The molecule has 0 saturated carbocycles. The molecule has 1 heterocycles. The lowest BCUT2D eigenvalue weighted by Crippen LogP contribution is -2.41. The van der Waals surface area contributed by atoms with Gasteiger partial charge in [0.2, 0.25) is 5.91 Å². The summed E-state index contributed by atoms with van der Waals surface area (Å²) in [5.41, 5.74) is 1.49. The number of nitrogens with zero attached hydrogens (tertiary/aromatic N) is 2. The van der Waals surface area contributed by atoms with Crippen LogP contribution in [0.25, 0.3) is 0 Å². The van der Waals surface area contributed by atoms with Crippen molar-refractivity contribution in [2.75, 3.05) is 31.6 Å². The summed E-state index contributed by atoms with van der Waals surface area (Å²) >= 11 is 0. The lowest BCUT2D eigenvalue weighted by Gasteiger charge is -2.27. The molecule has 0 unspecified atom stereocenters. The molecule has 1 aliphatic rings. The molecule has 0 aromatic heterocycles. The van der Waals surface area contributed by atoms with Gasteiger partial charge in [0, 0.05) is 25.2 Å². The molecule has 1 N–H and O–H groups in total. The predicted octanol–water partition coefficient (Wildman–Crippen LogP) is 2.25. The molecule has 1 saturated heterocycles. The fourth-order valence-electron chi connectivity index (χ4n) is 2.83. The molecule has 8 heteroatoms. The molecule has 0 atom stereocenters. The Bertz CT molecular complexity index is 845. The Kier molecular flexibility index (Phi) is 5.77. The summed E-state index contributed by atoms with van der Waals surface area (Å²) < 4.78 is 5.26. The summed E-state index contributed by atoms with van der Waals surface area (Å²) in [6, 6.07) is 12.7. The van der Waals surface area contributed by atoms with Crippen LogP contribution in [-0.4, -0.2) is 47.9 Å². The van der Waals surface area contributed by atoms with E-state index in [2.05, 4.69) is 5.32 Å². The third-order valence-corrected chi connectivity index (χ3v) is 4.24. The molecular formula is C19H19N3O5. The van der Waals surface area contributed by atoms with E-state index in [1.54, 1.807) is 41.3 Å². The molecule has 2 amide bonds. The van der Waals surface area contributed by atoms with Crippen LogP contribution < -0.4 is 5.32 Å². The summed E-state index contributed by atoms with van der Waals surface area (Å²) in [7, 11) is 0. The number of carbonyl (C=O) groups is 2. The SMILES string of the molecule is O=C(Cc1ccc([N+](=O)[O-])cc1)Nc1ccccc1C(=O)N1CCOCC1. The highest BCUT2D eigenvalue weighted by Gasteiger charge is 2.21. The summed E-state index contributed by atoms with van der Waals surface area (Å²) in [5.74, 6) is -0.449. The number of amides is 2. The van der Waals surface area contributed by atoms with Gasteiger partial charge in [0.1, 0.15) is 0 Å². The van der Waals surface area contributed by atoms with Gasteiger partial charge < -0.3 is 15.0 Å². The van der Waals surface area contributed by atoms with Crippen molar-refractivity contribution < 1.29 is 19.2 Å². The van der Waals surface area contributed by atoms with Crippen LogP contribution in [0.2, 0.25) is 0 Å². The second-order valence-electron chi connectivity index (χ2n) is 6.10. The minimum absolute atomic E-state index is 0.0272. The van der Waals surface area contributed by atoms with E-state index in [4.69, 9.17) is 4.74 Å². The maximum atomic E-state index is 12.7. The number of nitro groups is 1. The average Bonchev–Trinajstić information content (AvgIpc) is 2.69. The molecular weight excluding hydrogens is 350 g/mol. The highest BCUT2D eigenvalue weighted by molar-refractivity contribution is 6.04. The number of morpholine rings is 1. The van der Waals surface area contributed by atoms with Crippen LogP contribution in [0.5, 0.6) is 0 Å². The number of benzene rings is 2. The monoisotopic (exact) mass is 369 g/mol. The second kappa shape index (κ2) is 8.41. The van der Waals surface area contributed by atoms with Gasteiger partial charge in [-0.2, -0.15) is 0 Å². The summed E-state index contributed by atoms with van der Waals surface area (Å²) in [5, 5.41) is 13.5. The smallest absolute Gasteiger partial charge is 0.269 e. The van der Waals surface area contributed by atoms with Gasteiger partial charge in [-0.3, -0.25) is 19.7 Å². The van der Waals surface area contributed by atoms with Gasteiger partial charge in [0.15, 0.2) is 0 Å². The fourth-order valence-corrected chi connectivity index (χ4v) is 2.83. The number of hydrogen-bond donors (Lipinski definition) is 1. The van der Waals surface area contributed by atoms with Gasteiger partial charge in [-0.15, -0.1) is 0 Å². The van der Waals surface area contributed by atoms with Crippen molar-refractivity contribution in [3.8, 4) is 0 Å². The molecule has 0 radical (unpaired) electrons. The molecule has 2 aromatic rings. The number of nitrogens with one attached hydrogen (secondary N) is 1. The summed E-state index contributed by atoms with van der Waals surface area (Å²) in [4.78, 5) is 37.0. The standard InChI is InChI=1S/C19H19N3O5/c23-18(13-14-5-7-15(8-6-14)22(25)26)20-17-4-2-1-3-16(17)19(24)21-9-11-27-12-10-21/h1-8H,9-13H2,(H,20,23). The lowest BCUT2D eigenvalue weighted by molar-refractivity contribution is -0.384. The third-order valence-electron chi connectivity index (χ3n) is 4.24. The van der Waals surface area contributed by atoms with Crippen molar-refractivity contribution in [1.82, 2.24) is 4.90 Å². The number of anilines is 1. The highest BCUT2D eigenvalue weighted by Crippen LogP contribution is 2.19. The molecule has 0 aliphatic carbocycles. The Balaban J connectivity index is 1.68. The van der Waals surface area contributed by atoms with Crippen LogP contribution in [0, 0.1) is 10.1 Å². The minimum atomic E-state index is -0.489.